The van der Waals surface area contributed by atoms with Gasteiger partial charge in [0.1, 0.15) is 0 Å². The highest BCUT2D eigenvalue weighted by Gasteiger charge is 2.32. The van der Waals surface area contributed by atoms with Gasteiger partial charge in [0.2, 0.25) is 0 Å². The van der Waals surface area contributed by atoms with Crippen LogP contribution >= 0.6 is 0 Å². The number of nitrogens with one attached hydrogen (secondary N) is 1. The Balaban J connectivity index is 1.99. The molecule has 1 saturated carbocycles. The summed E-state index contributed by atoms with van der Waals surface area (Å²) in [4.78, 5) is 0. The van der Waals surface area contributed by atoms with Crippen LogP contribution in [0.2, 0.25) is 0 Å². The van der Waals surface area contributed by atoms with E-state index in [1.807, 2.05) is 0 Å². The lowest BCUT2D eigenvalue weighted by molar-refractivity contribution is 0.184. The van der Waals surface area contributed by atoms with E-state index >= 15 is 0 Å². The average molecular weight is 154 g/mol. The van der Waals surface area contributed by atoms with Crippen molar-refractivity contribution in [3.8, 4) is 0 Å². The topological polar surface area (TPSA) is 38.0 Å². The van der Waals surface area contributed by atoms with E-state index in [0.717, 1.165) is 12.0 Å². The molecule has 0 aromatic rings. The fraction of sp³-hybridized carbons (Fsp3) is 1.00. The fourth-order valence-corrected chi connectivity index (χ4v) is 2.59. The normalized spacial score (nSPS) is 45.0. The highest BCUT2D eigenvalue weighted by molar-refractivity contribution is 4.91. The van der Waals surface area contributed by atoms with Crippen molar-refractivity contribution >= 4 is 0 Å². The molecule has 3 N–H and O–H groups in total. The van der Waals surface area contributed by atoms with Gasteiger partial charge in [0.05, 0.1) is 0 Å². The van der Waals surface area contributed by atoms with Crippen LogP contribution in [-0.2, 0) is 0 Å². The first kappa shape index (κ1) is 7.56. The zero-order valence-corrected chi connectivity index (χ0v) is 7.05. The van der Waals surface area contributed by atoms with Gasteiger partial charge in [-0.2, -0.15) is 0 Å². The predicted octanol–water partition coefficient (Wildman–Crippen LogP) is 0.866. The maximum atomic E-state index is 6.05. The second-order valence-corrected chi connectivity index (χ2v) is 3.96. The monoisotopic (exact) mass is 154 g/mol. The number of fused-ring (bicyclic) bond motifs is 1. The van der Waals surface area contributed by atoms with Gasteiger partial charge in [-0.05, 0) is 38.1 Å². The summed E-state index contributed by atoms with van der Waals surface area (Å²) in [6, 6.07) is 1.24. The molecule has 1 aliphatic heterocycles. The van der Waals surface area contributed by atoms with Crippen LogP contribution in [0.25, 0.3) is 0 Å². The van der Waals surface area contributed by atoms with Gasteiger partial charge < -0.3 is 11.1 Å². The van der Waals surface area contributed by atoms with Crippen LogP contribution in [0.4, 0.5) is 0 Å². The summed E-state index contributed by atoms with van der Waals surface area (Å²) in [5.74, 6) is 0.789. The molecule has 64 valence electrons. The zero-order valence-electron chi connectivity index (χ0n) is 7.05. The van der Waals surface area contributed by atoms with Crippen molar-refractivity contribution in [1.29, 1.82) is 0 Å². The van der Waals surface area contributed by atoms with Crippen molar-refractivity contribution in [2.24, 2.45) is 11.7 Å². The van der Waals surface area contributed by atoms with E-state index in [2.05, 4.69) is 5.32 Å². The smallest absolute Gasteiger partial charge is 0.0110 e. The molecule has 1 aliphatic carbocycles. The van der Waals surface area contributed by atoms with Gasteiger partial charge in [0.15, 0.2) is 0 Å². The van der Waals surface area contributed by atoms with Crippen LogP contribution in [0.3, 0.4) is 0 Å². The lowest BCUT2D eigenvalue weighted by Gasteiger charge is -2.40. The van der Waals surface area contributed by atoms with Gasteiger partial charge in [-0.25, -0.2) is 0 Å². The molecule has 0 aromatic carbocycles. The number of hydrogen-bond donors (Lipinski definition) is 2. The van der Waals surface area contributed by atoms with Gasteiger partial charge in [0, 0.05) is 12.1 Å². The Morgan fingerprint density at radius 1 is 1.09 bits per heavy atom. The molecule has 1 heterocycles. The molecule has 2 nitrogen and oxygen atoms in total. The molecule has 1 saturated heterocycles. The van der Waals surface area contributed by atoms with Gasteiger partial charge >= 0.3 is 0 Å². The summed E-state index contributed by atoms with van der Waals surface area (Å²) in [6.07, 6.45) is 6.63. The quantitative estimate of drug-likeness (QED) is 0.543. The van der Waals surface area contributed by atoms with Gasteiger partial charge in [-0.1, -0.05) is 6.42 Å². The van der Waals surface area contributed by atoms with Crippen LogP contribution in [0.1, 0.15) is 32.1 Å². The first-order valence-electron chi connectivity index (χ1n) is 4.87. The number of rotatable bonds is 0. The minimum Gasteiger partial charge on any atom is -0.327 e. The van der Waals surface area contributed by atoms with Crippen LogP contribution < -0.4 is 11.1 Å². The maximum absolute atomic E-state index is 6.05. The molecule has 0 amide bonds. The van der Waals surface area contributed by atoms with Crippen molar-refractivity contribution in [3.05, 3.63) is 0 Å². The average Bonchev–Trinajstić information content (AvgIpc) is 2.06. The second kappa shape index (κ2) is 3.11. The van der Waals surface area contributed by atoms with Crippen molar-refractivity contribution in [2.45, 2.75) is 44.2 Å². The van der Waals surface area contributed by atoms with Crippen molar-refractivity contribution in [3.63, 3.8) is 0 Å². The Hall–Kier alpha value is -0.0800. The maximum Gasteiger partial charge on any atom is 0.0110 e. The van der Waals surface area contributed by atoms with E-state index in [9.17, 15) is 0 Å². The summed E-state index contributed by atoms with van der Waals surface area (Å²) in [5.41, 5.74) is 6.05. The van der Waals surface area contributed by atoms with Gasteiger partial charge in [-0.3, -0.25) is 0 Å². The molecule has 3 atom stereocenters. The minimum atomic E-state index is 0.488. The Morgan fingerprint density at radius 3 is 2.82 bits per heavy atom. The molecule has 2 rings (SSSR count). The first-order chi connectivity index (χ1) is 5.38. The van der Waals surface area contributed by atoms with E-state index in [-0.39, 0.29) is 0 Å². The largest absolute Gasteiger partial charge is 0.327 e. The highest BCUT2D eigenvalue weighted by atomic mass is 14.9. The zero-order chi connectivity index (χ0) is 7.68. The Labute approximate surface area is 68.5 Å². The summed E-state index contributed by atoms with van der Waals surface area (Å²) >= 11 is 0. The van der Waals surface area contributed by atoms with Crippen molar-refractivity contribution in [2.75, 3.05) is 6.54 Å². The number of nitrogens with two attached hydrogens (primary N) is 1. The molecule has 0 radical (unpaired) electrons. The van der Waals surface area contributed by atoms with E-state index in [1.165, 1.54) is 38.6 Å². The van der Waals surface area contributed by atoms with Crippen LogP contribution in [0, 0.1) is 5.92 Å². The first-order valence-corrected chi connectivity index (χ1v) is 4.87. The molecular weight excluding hydrogens is 136 g/mol. The molecule has 0 aromatic heterocycles. The highest BCUT2D eigenvalue weighted by Crippen LogP contribution is 2.29. The van der Waals surface area contributed by atoms with Gasteiger partial charge in [0.25, 0.3) is 0 Å². The number of piperidine rings is 1. The molecule has 0 spiro atoms. The number of hydrogen-bond acceptors (Lipinski definition) is 2. The Morgan fingerprint density at radius 2 is 2.00 bits per heavy atom. The van der Waals surface area contributed by atoms with Gasteiger partial charge in [-0.15, -0.1) is 0 Å². The van der Waals surface area contributed by atoms with Crippen molar-refractivity contribution in [1.82, 2.24) is 5.32 Å². The third-order valence-electron chi connectivity index (χ3n) is 3.24. The lowest BCUT2D eigenvalue weighted by atomic mass is 9.76. The minimum absolute atomic E-state index is 0.488. The standard InChI is InChI=1S/C9H18N2/c10-8-4-1-5-9-7(8)3-2-6-11-9/h7-9,11H,1-6,10H2/t7-,8-,9-/m1/s1. The van der Waals surface area contributed by atoms with E-state index in [0.29, 0.717) is 6.04 Å². The van der Waals surface area contributed by atoms with E-state index < -0.39 is 0 Å². The summed E-state index contributed by atoms with van der Waals surface area (Å²) < 4.78 is 0. The summed E-state index contributed by atoms with van der Waals surface area (Å²) in [6.45, 7) is 1.22. The van der Waals surface area contributed by atoms with E-state index in [4.69, 9.17) is 5.73 Å². The molecule has 2 fully saturated rings. The van der Waals surface area contributed by atoms with Crippen LogP contribution in [0.15, 0.2) is 0 Å². The third-order valence-corrected chi connectivity index (χ3v) is 3.24. The fourth-order valence-electron chi connectivity index (χ4n) is 2.59. The summed E-state index contributed by atoms with van der Waals surface area (Å²) in [5, 5.41) is 3.57. The molecular formula is C9H18N2. The third kappa shape index (κ3) is 1.42. The molecule has 2 heteroatoms. The Bertz CT molecular complexity index is 134. The molecule has 0 unspecified atom stereocenters. The predicted molar refractivity (Wildman–Crippen MR) is 46.3 cm³/mol. The van der Waals surface area contributed by atoms with Crippen LogP contribution in [0.5, 0.6) is 0 Å². The van der Waals surface area contributed by atoms with Crippen molar-refractivity contribution < 1.29 is 0 Å². The Kier molecular flexibility index (Phi) is 2.14. The SMILES string of the molecule is N[C@@H]1CCC[C@H]2NCCC[C@H]12. The molecule has 2 aliphatic rings. The molecule has 11 heavy (non-hydrogen) atoms. The lowest BCUT2D eigenvalue weighted by Crippen LogP contribution is -2.51. The second-order valence-electron chi connectivity index (χ2n) is 3.96. The van der Waals surface area contributed by atoms with E-state index in [1.54, 1.807) is 0 Å². The summed E-state index contributed by atoms with van der Waals surface area (Å²) in [7, 11) is 0. The van der Waals surface area contributed by atoms with Crippen LogP contribution in [-0.4, -0.2) is 18.6 Å². The molecule has 0 bridgehead atoms.